The monoisotopic (exact) mass is 387 g/mol. The summed E-state index contributed by atoms with van der Waals surface area (Å²) in [6.07, 6.45) is 3.13. The largest absolute Gasteiger partial charge is 0.477 e. The van der Waals surface area contributed by atoms with Gasteiger partial charge < -0.3 is 20.7 Å². The molecule has 134 valence electrons. The zero-order valence-corrected chi connectivity index (χ0v) is 14.6. The normalized spacial score (nSPS) is 20.8. The fraction of sp³-hybridized carbons (Fsp3) is 0.375. The number of halogens is 3. The number of nitrogens with zero attached hydrogens (tertiary/aromatic N) is 1. The highest BCUT2D eigenvalue weighted by Gasteiger charge is 2.54. The van der Waals surface area contributed by atoms with Gasteiger partial charge in [-0.05, 0) is 18.9 Å². The Morgan fingerprint density at radius 3 is 2.72 bits per heavy atom. The molecule has 1 saturated heterocycles. The van der Waals surface area contributed by atoms with Crippen LogP contribution in [0.4, 0.5) is 10.1 Å². The van der Waals surface area contributed by atoms with Crippen molar-refractivity contribution in [2.75, 3.05) is 18.0 Å². The molecule has 9 heteroatoms. The van der Waals surface area contributed by atoms with Crippen molar-refractivity contribution in [2.24, 2.45) is 11.1 Å². The number of nitrogens with one attached hydrogen (secondary N) is 1. The third-order valence-electron chi connectivity index (χ3n) is 5.19. The number of carbonyl (C=O) groups is 1. The summed E-state index contributed by atoms with van der Waals surface area (Å²) in [5.41, 5.74) is 5.43. The van der Waals surface area contributed by atoms with Gasteiger partial charge in [-0.3, -0.25) is 4.79 Å². The molecule has 6 nitrogen and oxygen atoms in total. The number of aromatic amines is 1. The van der Waals surface area contributed by atoms with Crippen LogP contribution in [0.15, 0.2) is 17.1 Å². The van der Waals surface area contributed by atoms with Crippen LogP contribution in [0.3, 0.4) is 0 Å². The molecule has 0 amide bonds. The Balaban J connectivity index is 0.00000182. The maximum absolute atomic E-state index is 14.7. The van der Waals surface area contributed by atoms with Crippen LogP contribution in [0.1, 0.15) is 23.2 Å². The molecule has 25 heavy (non-hydrogen) atoms. The highest BCUT2D eigenvalue weighted by molar-refractivity contribution is 6.37. The molecule has 1 aromatic carbocycles. The second kappa shape index (κ2) is 5.86. The first-order valence-electron chi connectivity index (χ1n) is 7.61. The molecule has 1 aromatic heterocycles. The second-order valence-electron chi connectivity index (χ2n) is 6.63. The Kier molecular flexibility index (Phi) is 4.21. The van der Waals surface area contributed by atoms with E-state index in [1.54, 1.807) is 0 Å². The van der Waals surface area contributed by atoms with Crippen molar-refractivity contribution in [3.05, 3.63) is 38.9 Å². The van der Waals surface area contributed by atoms with Crippen LogP contribution in [0.25, 0.3) is 10.9 Å². The summed E-state index contributed by atoms with van der Waals surface area (Å²) in [7, 11) is 0. The summed E-state index contributed by atoms with van der Waals surface area (Å²) in [6, 6.07) is 1.02. The zero-order valence-electron chi connectivity index (χ0n) is 13.0. The Bertz CT molecular complexity index is 942. The van der Waals surface area contributed by atoms with Gasteiger partial charge in [0.25, 0.3) is 0 Å². The van der Waals surface area contributed by atoms with Gasteiger partial charge >= 0.3 is 5.97 Å². The molecule has 4 rings (SSSR count). The van der Waals surface area contributed by atoms with Gasteiger partial charge in [-0.1, -0.05) is 11.6 Å². The van der Waals surface area contributed by atoms with Gasteiger partial charge in [0.05, 0.1) is 21.6 Å². The van der Waals surface area contributed by atoms with Crippen molar-refractivity contribution in [1.82, 2.24) is 4.98 Å². The molecule has 0 bridgehead atoms. The van der Waals surface area contributed by atoms with Crippen LogP contribution < -0.4 is 16.1 Å². The van der Waals surface area contributed by atoms with Gasteiger partial charge in [-0.15, -0.1) is 12.4 Å². The number of fused-ring (bicyclic) bond motifs is 1. The lowest BCUT2D eigenvalue weighted by atomic mass is 10.0. The van der Waals surface area contributed by atoms with E-state index >= 15 is 0 Å². The first kappa shape index (κ1) is 18.0. The average molecular weight is 388 g/mol. The van der Waals surface area contributed by atoms with Crippen LogP contribution in [-0.2, 0) is 0 Å². The molecule has 1 aliphatic heterocycles. The van der Waals surface area contributed by atoms with E-state index in [0.29, 0.717) is 13.1 Å². The van der Waals surface area contributed by atoms with E-state index in [4.69, 9.17) is 22.4 Å². The third kappa shape index (κ3) is 2.58. The molecule has 1 saturated carbocycles. The minimum absolute atomic E-state index is 0. The van der Waals surface area contributed by atoms with Gasteiger partial charge in [0, 0.05) is 30.7 Å². The van der Waals surface area contributed by atoms with Gasteiger partial charge in [-0.25, -0.2) is 9.18 Å². The minimum atomic E-state index is -1.38. The number of aromatic nitrogens is 1. The number of H-pyrrole nitrogens is 1. The van der Waals surface area contributed by atoms with Crippen molar-refractivity contribution in [3.8, 4) is 0 Å². The molecule has 2 aromatic rings. The number of hydrogen-bond donors (Lipinski definition) is 3. The topological polar surface area (TPSA) is 99.4 Å². The lowest BCUT2D eigenvalue weighted by Crippen LogP contribution is -2.30. The van der Waals surface area contributed by atoms with Crippen molar-refractivity contribution < 1.29 is 14.3 Å². The Morgan fingerprint density at radius 2 is 2.16 bits per heavy atom. The first-order chi connectivity index (χ1) is 11.3. The minimum Gasteiger partial charge on any atom is -0.477 e. The number of hydrogen-bond acceptors (Lipinski definition) is 4. The quantitative estimate of drug-likeness (QED) is 0.734. The number of anilines is 1. The molecular formula is C16H16Cl2FN3O3. The summed E-state index contributed by atoms with van der Waals surface area (Å²) >= 11 is 6.35. The fourth-order valence-electron chi connectivity index (χ4n) is 3.59. The summed E-state index contributed by atoms with van der Waals surface area (Å²) < 4.78 is 14.7. The number of benzene rings is 1. The Labute approximate surface area is 153 Å². The SMILES string of the molecule is Cl.N[C@@H]1CN(c2c(F)cc3c(=O)c(C(=O)O)c[nH]c3c2Cl)CC12CC2. The van der Waals surface area contributed by atoms with E-state index in [0.717, 1.165) is 25.1 Å². The van der Waals surface area contributed by atoms with E-state index in [1.165, 1.54) is 0 Å². The number of carboxylic acids is 1. The van der Waals surface area contributed by atoms with Crippen molar-refractivity contribution in [1.29, 1.82) is 0 Å². The summed E-state index contributed by atoms with van der Waals surface area (Å²) in [6.45, 7) is 1.13. The van der Waals surface area contributed by atoms with Crippen LogP contribution in [0, 0.1) is 11.2 Å². The highest BCUT2D eigenvalue weighted by atomic mass is 35.5. The van der Waals surface area contributed by atoms with Crippen LogP contribution in [0.2, 0.25) is 5.02 Å². The molecule has 1 aliphatic carbocycles. The standard InChI is InChI=1S/C16H15ClFN3O3.ClH/c17-11-12-7(14(22)8(4-20-12)15(23)24)3-9(18)13(11)21-5-10(19)16(6-21)1-2-16;/h3-4,10H,1-2,5-6,19H2,(H,20,22)(H,23,24);1H/t10-;/m1./s1. The number of carboxylic acid groups (broad SMARTS) is 1. The van der Waals surface area contributed by atoms with Gasteiger partial charge in [-0.2, -0.15) is 0 Å². The maximum Gasteiger partial charge on any atom is 0.341 e. The van der Waals surface area contributed by atoms with Crippen molar-refractivity contribution >= 4 is 46.6 Å². The molecule has 2 fully saturated rings. The molecule has 2 heterocycles. The second-order valence-corrected chi connectivity index (χ2v) is 7.01. The van der Waals surface area contributed by atoms with Crippen molar-refractivity contribution in [2.45, 2.75) is 18.9 Å². The molecule has 0 unspecified atom stereocenters. The zero-order chi connectivity index (χ0) is 17.2. The van der Waals surface area contributed by atoms with E-state index in [2.05, 4.69) is 4.98 Å². The Hall–Kier alpha value is -1.83. The van der Waals surface area contributed by atoms with Crippen molar-refractivity contribution in [3.63, 3.8) is 0 Å². The Morgan fingerprint density at radius 1 is 1.48 bits per heavy atom. The summed E-state index contributed by atoms with van der Waals surface area (Å²) in [5.74, 6) is -2.02. The summed E-state index contributed by atoms with van der Waals surface area (Å²) in [5, 5.41) is 9.01. The maximum atomic E-state index is 14.7. The van der Waals surface area contributed by atoms with Crippen LogP contribution in [0.5, 0.6) is 0 Å². The molecule has 0 radical (unpaired) electrons. The smallest absolute Gasteiger partial charge is 0.341 e. The van der Waals surface area contributed by atoms with Gasteiger partial charge in [0.1, 0.15) is 11.4 Å². The summed E-state index contributed by atoms with van der Waals surface area (Å²) in [4.78, 5) is 27.8. The molecule has 1 atom stereocenters. The van der Waals surface area contributed by atoms with Gasteiger partial charge in [0.15, 0.2) is 0 Å². The predicted molar refractivity (Wildman–Crippen MR) is 95.6 cm³/mol. The van der Waals surface area contributed by atoms with E-state index in [1.807, 2.05) is 4.90 Å². The number of aromatic carboxylic acids is 1. The molecule has 1 spiro atoms. The van der Waals surface area contributed by atoms with E-state index in [9.17, 15) is 14.0 Å². The molecular weight excluding hydrogens is 372 g/mol. The number of pyridine rings is 1. The number of nitrogens with two attached hydrogens (primary N) is 1. The predicted octanol–water partition coefficient (Wildman–Crippen LogP) is 2.37. The van der Waals surface area contributed by atoms with Crippen LogP contribution >= 0.6 is 24.0 Å². The highest BCUT2D eigenvalue weighted by Crippen LogP contribution is 2.53. The van der Waals surface area contributed by atoms with Crippen LogP contribution in [-0.4, -0.2) is 35.2 Å². The first-order valence-corrected chi connectivity index (χ1v) is 7.99. The van der Waals surface area contributed by atoms with E-state index < -0.39 is 22.8 Å². The lowest BCUT2D eigenvalue weighted by Gasteiger charge is -2.21. The molecule has 4 N–H and O–H groups in total. The average Bonchev–Trinajstić information content (AvgIpc) is 3.21. The van der Waals surface area contributed by atoms with E-state index in [-0.39, 0.29) is 45.5 Å². The fourth-order valence-corrected chi connectivity index (χ4v) is 3.95. The van der Waals surface area contributed by atoms with Gasteiger partial charge in [0.2, 0.25) is 5.43 Å². The third-order valence-corrected chi connectivity index (χ3v) is 5.56. The lowest BCUT2D eigenvalue weighted by molar-refractivity contribution is 0.0695. The molecule has 2 aliphatic rings. The number of rotatable bonds is 2.